The fourth-order valence-corrected chi connectivity index (χ4v) is 3.82. The molecule has 0 unspecified atom stereocenters. The molecule has 31 heavy (non-hydrogen) atoms. The van der Waals surface area contributed by atoms with Crippen molar-refractivity contribution in [1.29, 1.82) is 0 Å². The number of hydrogen-bond donors (Lipinski definition) is 1. The Bertz CT molecular complexity index is 1020. The maximum Gasteiger partial charge on any atom is 0.354 e. The number of carbonyl (C=O) groups excluding carboxylic acids is 3. The van der Waals surface area contributed by atoms with Crippen LogP contribution in [0.4, 0.5) is 10.5 Å². The van der Waals surface area contributed by atoms with Gasteiger partial charge in [0.15, 0.2) is 5.78 Å². The lowest BCUT2D eigenvalue weighted by molar-refractivity contribution is 0.0588. The summed E-state index contributed by atoms with van der Waals surface area (Å²) in [5, 5.41) is 2.93. The van der Waals surface area contributed by atoms with Crippen LogP contribution in [-0.2, 0) is 11.8 Å². The molecule has 1 N–H and O–H groups in total. The summed E-state index contributed by atoms with van der Waals surface area (Å²) in [6.45, 7) is 12.9. The van der Waals surface area contributed by atoms with Gasteiger partial charge in [-0.1, -0.05) is 24.3 Å². The number of benzene rings is 1. The fourth-order valence-electron chi connectivity index (χ4n) is 3.82. The third kappa shape index (κ3) is 4.55. The van der Waals surface area contributed by atoms with E-state index in [1.54, 1.807) is 38.5 Å². The van der Waals surface area contributed by atoms with Crippen LogP contribution in [0.3, 0.4) is 0 Å². The first-order valence-electron chi connectivity index (χ1n) is 10.1. The lowest BCUT2D eigenvalue weighted by Crippen LogP contribution is -2.46. The molecular formula is C24H31N3O4. The lowest BCUT2D eigenvalue weighted by atomic mass is 10.00. The number of carbonyl (C=O) groups is 3. The number of rotatable bonds is 7. The Morgan fingerprint density at radius 2 is 1.77 bits per heavy atom. The van der Waals surface area contributed by atoms with Crippen molar-refractivity contribution in [2.75, 3.05) is 19.0 Å². The number of esters is 1. The quantitative estimate of drug-likeness (QED) is 0.407. The molecule has 0 saturated heterocycles. The number of nitrogens with one attached hydrogen (secondary N) is 1. The summed E-state index contributed by atoms with van der Waals surface area (Å²) in [6, 6.07) is 4.60. The normalized spacial score (nSPS) is 11.6. The van der Waals surface area contributed by atoms with E-state index in [2.05, 4.69) is 11.9 Å². The summed E-state index contributed by atoms with van der Waals surface area (Å²) in [6.07, 6.45) is 1.58. The van der Waals surface area contributed by atoms with E-state index >= 15 is 0 Å². The highest BCUT2D eigenvalue weighted by atomic mass is 16.5. The first-order valence-corrected chi connectivity index (χ1v) is 10.1. The summed E-state index contributed by atoms with van der Waals surface area (Å²) in [5.74, 6) is -0.759. The van der Waals surface area contributed by atoms with Crippen LogP contribution in [0.15, 0.2) is 30.9 Å². The fraction of sp³-hybridized carbons (Fsp3) is 0.375. The molecule has 166 valence electrons. The van der Waals surface area contributed by atoms with Gasteiger partial charge in [0, 0.05) is 30.5 Å². The van der Waals surface area contributed by atoms with Crippen LogP contribution in [0.5, 0.6) is 0 Å². The van der Waals surface area contributed by atoms with Gasteiger partial charge < -0.3 is 19.5 Å². The van der Waals surface area contributed by atoms with Gasteiger partial charge in [-0.05, 0) is 51.3 Å². The van der Waals surface area contributed by atoms with Crippen molar-refractivity contribution in [2.24, 2.45) is 7.05 Å². The third-order valence-corrected chi connectivity index (χ3v) is 5.70. The number of ether oxygens (including phenoxy) is 1. The van der Waals surface area contributed by atoms with E-state index in [0.717, 1.165) is 16.8 Å². The highest BCUT2D eigenvalue weighted by Gasteiger charge is 2.32. The Balaban J connectivity index is 2.41. The van der Waals surface area contributed by atoms with Crippen molar-refractivity contribution < 1.29 is 19.1 Å². The number of amides is 2. The minimum absolute atomic E-state index is 0.193. The number of Topliss-reactive ketones (excluding diaryl/α,β-unsaturated/α-hetero) is 1. The molecular weight excluding hydrogens is 394 g/mol. The van der Waals surface area contributed by atoms with Crippen LogP contribution < -0.4 is 5.32 Å². The molecule has 0 radical (unpaired) electrons. The predicted octanol–water partition coefficient (Wildman–Crippen LogP) is 4.34. The van der Waals surface area contributed by atoms with Gasteiger partial charge in [0.2, 0.25) is 0 Å². The highest BCUT2D eigenvalue weighted by Crippen LogP contribution is 2.25. The largest absolute Gasteiger partial charge is 0.464 e. The first kappa shape index (κ1) is 23.9. The van der Waals surface area contributed by atoms with Crippen LogP contribution in [-0.4, -0.2) is 46.9 Å². The van der Waals surface area contributed by atoms with Crippen molar-refractivity contribution in [3.8, 4) is 0 Å². The highest BCUT2D eigenvalue weighted by molar-refractivity contribution is 6.07. The zero-order valence-corrected chi connectivity index (χ0v) is 19.3. The number of aromatic nitrogens is 1. The molecule has 0 aliphatic rings. The van der Waals surface area contributed by atoms with E-state index in [1.165, 1.54) is 12.0 Å². The van der Waals surface area contributed by atoms with Gasteiger partial charge in [0.25, 0.3) is 0 Å². The predicted molar refractivity (Wildman–Crippen MR) is 122 cm³/mol. The maximum absolute atomic E-state index is 13.4. The molecule has 2 rings (SSSR count). The Kier molecular flexibility index (Phi) is 7.44. The van der Waals surface area contributed by atoms with Crippen LogP contribution in [0.2, 0.25) is 0 Å². The smallest absolute Gasteiger partial charge is 0.354 e. The SMILES string of the molecule is C=CCN(C(=O)Nc1c(C)cccc1C)[C@@H](C)C(=O)c1c(C)c(C(=O)OC)n(C)c1C. The summed E-state index contributed by atoms with van der Waals surface area (Å²) in [5.41, 5.74) is 4.52. The maximum atomic E-state index is 13.4. The Hall–Kier alpha value is -3.35. The number of aryl methyl sites for hydroxylation is 2. The zero-order valence-electron chi connectivity index (χ0n) is 19.3. The number of para-hydroxylation sites is 1. The summed E-state index contributed by atoms with van der Waals surface area (Å²) >= 11 is 0. The molecule has 0 spiro atoms. The summed E-state index contributed by atoms with van der Waals surface area (Å²) in [4.78, 5) is 40.2. The van der Waals surface area contributed by atoms with E-state index in [9.17, 15) is 14.4 Å². The Morgan fingerprint density at radius 1 is 1.19 bits per heavy atom. The van der Waals surface area contributed by atoms with Gasteiger partial charge in [-0.3, -0.25) is 4.79 Å². The molecule has 7 heteroatoms. The number of hydrogen-bond acceptors (Lipinski definition) is 4. The second kappa shape index (κ2) is 9.64. The number of methoxy groups -OCH3 is 1. The second-order valence-corrected chi connectivity index (χ2v) is 7.66. The zero-order chi connectivity index (χ0) is 23.5. The molecule has 0 bridgehead atoms. The van der Waals surface area contributed by atoms with E-state index in [-0.39, 0.29) is 12.3 Å². The number of nitrogens with zero attached hydrogens (tertiary/aromatic N) is 2. The lowest BCUT2D eigenvalue weighted by Gasteiger charge is -2.28. The topological polar surface area (TPSA) is 80.6 Å². The molecule has 1 heterocycles. The van der Waals surface area contributed by atoms with Gasteiger partial charge >= 0.3 is 12.0 Å². The molecule has 7 nitrogen and oxygen atoms in total. The number of urea groups is 1. The third-order valence-electron chi connectivity index (χ3n) is 5.70. The average molecular weight is 426 g/mol. The minimum atomic E-state index is -0.771. The molecule has 0 aliphatic heterocycles. The van der Waals surface area contributed by atoms with Gasteiger partial charge in [0.05, 0.1) is 13.2 Å². The standard InChI is InChI=1S/C24H31N3O4/c1-9-13-27(24(30)25-20-14(2)11-10-12-15(20)3)18(6)22(28)19-16(4)21(23(29)31-8)26(7)17(19)5/h9-12,18H,1,13H2,2-8H3,(H,25,30)/t18-/m0/s1. The monoisotopic (exact) mass is 425 g/mol. The molecule has 2 amide bonds. The summed E-state index contributed by atoms with van der Waals surface area (Å²) < 4.78 is 6.51. The Labute approximate surface area is 183 Å². The molecule has 0 saturated carbocycles. The van der Waals surface area contributed by atoms with E-state index < -0.39 is 18.0 Å². The van der Waals surface area contributed by atoms with Gasteiger partial charge in [0.1, 0.15) is 5.69 Å². The average Bonchev–Trinajstić information content (AvgIpc) is 2.95. The van der Waals surface area contributed by atoms with Crippen molar-refractivity contribution in [3.05, 3.63) is 64.5 Å². The van der Waals surface area contributed by atoms with Crippen molar-refractivity contribution in [3.63, 3.8) is 0 Å². The van der Waals surface area contributed by atoms with E-state index in [4.69, 9.17) is 4.74 Å². The second-order valence-electron chi connectivity index (χ2n) is 7.66. The van der Waals surface area contributed by atoms with Gasteiger partial charge in [-0.25, -0.2) is 9.59 Å². The van der Waals surface area contributed by atoms with Crippen molar-refractivity contribution in [2.45, 2.75) is 40.7 Å². The van der Waals surface area contributed by atoms with Crippen LogP contribution >= 0.6 is 0 Å². The molecule has 2 aromatic rings. The Morgan fingerprint density at radius 3 is 2.29 bits per heavy atom. The molecule has 1 atom stereocenters. The van der Waals surface area contributed by atoms with Gasteiger partial charge in [-0.15, -0.1) is 6.58 Å². The van der Waals surface area contributed by atoms with Crippen molar-refractivity contribution >= 4 is 23.5 Å². The number of ketones is 1. The van der Waals surface area contributed by atoms with E-state index in [0.29, 0.717) is 22.5 Å². The van der Waals surface area contributed by atoms with Crippen LogP contribution in [0.25, 0.3) is 0 Å². The van der Waals surface area contributed by atoms with E-state index in [1.807, 2.05) is 32.0 Å². The molecule has 1 aromatic heterocycles. The summed E-state index contributed by atoms with van der Waals surface area (Å²) in [7, 11) is 3.02. The molecule has 0 aliphatic carbocycles. The molecule has 1 aromatic carbocycles. The van der Waals surface area contributed by atoms with Crippen LogP contribution in [0, 0.1) is 27.7 Å². The molecule has 0 fully saturated rings. The minimum Gasteiger partial charge on any atom is -0.464 e. The first-order chi connectivity index (χ1) is 14.6. The van der Waals surface area contributed by atoms with Crippen molar-refractivity contribution in [1.82, 2.24) is 9.47 Å². The van der Waals surface area contributed by atoms with Gasteiger partial charge in [-0.2, -0.15) is 0 Å². The number of anilines is 1. The van der Waals surface area contributed by atoms with Crippen LogP contribution in [0.1, 0.15) is 50.2 Å².